The van der Waals surface area contributed by atoms with Crippen LogP contribution in [0, 0.1) is 0 Å². The quantitative estimate of drug-likeness (QED) is 0.555. The lowest BCUT2D eigenvalue weighted by Crippen LogP contribution is -2.34. The van der Waals surface area contributed by atoms with Gasteiger partial charge in [-0.05, 0) is 17.7 Å². The van der Waals surface area contributed by atoms with Crippen LogP contribution < -0.4 is 15.8 Å². The van der Waals surface area contributed by atoms with Crippen LogP contribution in [0.1, 0.15) is 11.6 Å². The Morgan fingerprint density at radius 3 is 2.57 bits per heavy atom. The van der Waals surface area contributed by atoms with Gasteiger partial charge < -0.3 is 20.5 Å². The van der Waals surface area contributed by atoms with E-state index in [1.807, 2.05) is 0 Å². The highest BCUT2D eigenvalue weighted by molar-refractivity contribution is 6.04. The van der Waals surface area contributed by atoms with Gasteiger partial charge in [-0.15, -0.1) is 0 Å². The standard InChI is InChI=1S/C14H19N3O4/c1-20-11-4-2-10(3-5-11)12-13(18)17(14(19)16-12)7-9-21-8-6-15/h2-5,12H,6-9,15H2,1H3,(H,16,19). The van der Waals surface area contributed by atoms with E-state index in [1.165, 1.54) is 0 Å². The summed E-state index contributed by atoms with van der Waals surface area (Å²) in [6.45, 7) is 1.32. The molecule has 1 heterocycles. The van der Waals surface area contributed by atoms with E-state index < -0.39 is 12.1 Å². The Morgan fingerprint density at radius 2 is 1.95 bits per heavy atom. The second-order valence-electron chi connectivity index (χ2n) is 4.55. The number of nitrogens with zero attached hydrogens (tertiary/aromatic N) is 1. The maximum absolute atomic E-state index is 12.3. The number of imide groups is 1. The minimum Gasteiger partial charge on any atom is -0.497 e. The molecule has 1 aliphatic heterocycles. The molecule has 1 aromatic rings. The minimum absolute atomic E-state index is 0.220. The van der Waals surface area contributed by atoms with Gasteiger partial charge in [0, 0.05) is 6.54 Å². The molecule has 0 aromatic heterocycles. The summed E-state index contributed by atoms with van der Waals surface area (Å²) < 4.78 is 10.3. The lowest BCUT2D eigenvalue weighted by Gasteiger charge is -2.13. The first-order valence-corrected chi connectivity index (χ1v) is 6.71. The normalized spacial score (nSPS) is 18.0. The summed E-state index contributed by atoms with van der Waals surface area (Å²) in [5.74, 6) is 0.420. The van der Waals surface area contributed by atoms with Gasteiger partial charge in [-0.3, -0.25) is 9.69 Å². The number of methoxy groups -OCH3 is 1. The SMILES string of the molecule is COc1ccc(C2NC(=O)N(CCOCCN)C2=O)cc1. The number of nitrogens with one attached hydrogen (secondary N) is 1. The third kappa shape index (κ3) is 3.50. The van der Waals surface area contributed by atoms with E-state index in [0.29, 0.717) is 18.9 Å². The van der Waals surface area contributed by atoms with Crippen LogP contribution >= 0.6 is 0 Å². The van der Waals surface area contributed by atoms with Gasteiger partial charge in [-0.25, -0.2) is 4.79 Å². The highest BCUT2D eigenvalue weighted by atomic mass is 16.5. The molecule has 0 aliphatic carbocycles. The average Bonchev–Trinajstić information content (AvgIpc) is 2.79. The Kier molecular flexibility index (Phi) is 5.13. The number of benzene rings is 1. The van der Waals surface area contributed by atoms with Gasteiger partial charge in [0.2, 0.25) is 0 Å². The van der Waals surface area contributed by atoms with Gasteiger partial charge in [-0.2, -0.15) is 0 Å². The molecule has 1 unspecified atom stereocenters. The lowest BCUT2D eigenvalue weighted by atomic mass is 10.1. The Bertz CT molecular complexity index is 503. The third-order valence-electron chi connectivity index (χ3n) is 3.20. The van der Waals surface area contributed by atoms with Gasteiger partial charge in [0.1, 0.15) is 11.8 Å². The molecule has 0 spiro atoms. The first-order chi connectivity index (χ1) is 10.2. The van der Waals surface area contributed by atoms with Crippen molar-refractivity contribution in [2.24, 2.45) is 5.73 Å². The summed E-state index contributed by atoms with van der Waals surface area (Å²) in [6.07, 6.45) is 0. The number of urea groups is 1. The van der Waals surface area contributed by atoms with Gasteiger partial charge in [-0.1, -0.05) is 12.1 Å². The summed E-state index contributed by atoms with van der Waals surface area (Å²) in [5, 5.41) is 2.66. The van der Waals surface area contributed by atoms with Crippen molar-refractivity contribution >= 4 is 11.9 Å². The summed E-state index contributed by atoms with van der Waals surface area (Å²) >= 11 is 0. The Labute approximate surface area is 123 Å². The molecular weight excluding hydrogens is 274 g/mol. The van der Waals surface area contributed by atoms with E-state index in [-0.39, 0.29) is 19.1 Å². The summed E-state index contributed by atoms with van der Waals surface area (Å²) in [5.41, 5.74) is 6.03. The summed E-state index contributed by atoms with van der Waals surface area (Å²) in [4.78, 5) is 25.3. The smallest absolute Gasteiger partial charge is 0.325 e. The first-order valence-electron chi connectivity index (χ1n) is 6.71. The molecule has 1 aliphatic rings. The minimum atomic E-state index is -0.655. The molecule has 21 heavy (non-hydrogen) atoms. The molecule has 1 saturated heterocycles. The molecule has 0 radical (unpaired) electrons. The molecule has 1 atom stereocenters. The highest BCUT2D eigenvalue weighted by Gasteiger charge is 2.38. The second-order valence-corrected chi connectivity index (χ2v) is 4.55. The molecule has 7 heteroatoms. The molecule has 0 bridgehead atoms. The van der Waals surface area contributed by atoms with Crippen LogP contribution in [-0.4, -0.2) is 50.3 Å². The van der Waals surface area contributed by atoms with E-state index in [4.69, 9.17) is 15.2 Å². The molecule has 1 fully saturated rings. The topological polar surface area (TPSA) is 93.9 Å². The summed E-state index contributed by atoms with van der Waals surface area (Å²) in [7, 11) is 1.57. The highest BCUT2D eigenvalue weighted by Crippen LogP contribution is 2.23. The second kappa shape index (κ2) is 7.05. The largest absolute Gasteiger partial charge is 0.497 e. The number of nitrogens with two attached hydrogens (primary N) is 1. The van der Waals surface area contributed by atoms with Crippen LogP contribution in [0.15, 0.2) is 24.3 Å². The number of hydrogen-bond acceptors (Lipinski definition) is 5. The number of carbonyl (C=O) groups excluding carboxylic acids is 2. The number of hydrogen-bond donors (Lipinski definition) is 2. The van der Waals surface area contributed by atoms with Crippen LogP contribution in [0.4, 0.5) is 4.79 Å². The third-order valence-corrected chi connectivity index (χ3v) is 3.20. The van der Waals surface area contributed by atoms with E-state index in [9.17, 15) is 9.59 Å². The van der Waals surface area contributed by atoms with E-state index in [1.54, 1.807) is 31.4 Å². The van der Waals surface area contributed by atoms with Crippen LogP contribution in [0.5, 0.6) is 5.75 Å². The molecular formula is C14H19N3O4. The fraction of sp³-hybridized carbons (Fsp3) is 0.429. The predicted molar refractivity (Wildman–Crippen MR) is 75.9 cm³/mol. The van der Waals surface area contributed by atoms with Crippen LogP contribution in [-0.2, 0) is 9.53 Å². The van der Waals surface area contributed by atoms with Crippen molar-refractivity contribution in [3.63, 3.8) is 0 Å². The Hall–Kier alpha value is -2.12. The van der Waals surface area contributed by atoms with Crippen molar-refractivity contribution in [1.82, 2.24) is 10.2 Å². The number of carbonyl (C=O) groups is 2. The Balaban J connectivity index is 1.99. The monoisotopic (exact) mass is 293 g/mol. The van der Waals surface area contributed by atoms with Crippen LogP contribution in [0.2, 0.25) is 0 Å². The molecule has 2 rings (SSSR count). The van der Waals surface area contributed by atoms with Crippen LogP contribution in [0.25, 0.3) is 0 Å². The predicted octanol–water partition coefficient (Wildman–Crippen LogP) is 0.263. The Morgan fingerprint density at radius 1 is 1.24 bits per heavy atom. The van der Waals surface area contributed by atoms with Crippen molar-refractivity contribution in [2.75, 3.05) is 33.4 Å². The van der Waals surface area contributed by atoms with Crippen molar-refractivity contribution in [3.8, 4) is 5.75 Å². The molecule has 114 valence electrons. The average molecular weight is 293 g/mol. The summed E-state index contributed by atoms with van der Waals surface area (Å²) in [6, 6.07) is 5.96. The zero-order valence-electron chi connectivity index (χ0n) is 11.9. The number of ether oxygens (including phenoxy) is 2. The van der Waals surface area contributed by atoms with Gasteiger partial charge >= 0.3 is 6.03 Å². The van der Waals surface area contributed by atoms with Gasteiger partial charge in [0.15, 0.2) is 0 Å². The van der Waals surface area contributed by atoms with Crippen LogP contribution in [0.3, 0.4) is 0 Å². The van der Waals surface area contributed by atoms with Crippen molar-refractivity contribution in [3.05, 3.63) is 29.8 Å². The van der Waals surface area contributed by atoms with Gasteiger partial charge in [0.25, 0.3) is 5.91 Å². The fourth-order valence-corrected chi connectivity index (χ4v) is 2.09. The van der Waals surface area contributed by atoms with E-state index in [2.05, 4.69) is 5.32 Å². The maximum atomic E-state index is 12.3. The molecule has 3 N–H and O–H groups in total. The zero-order valence-corrected chi connectivity index (χ0v) is 11.9. The van der Waals surface area contributed by atoms with E-state index >= 15 is 0 Å². The van der Waals surface area contributed by atoms with Crippen molar-refractivity contribution < 1.29 is 19.1 Å². The number of amides is 3. The lowest BCUT2D eigenvalue weighted by molar-refractivity contribution is -0.128. The fourth-order valence-electron chi connectivity index (χ4n) is 2.09. The molecule has 1 aromatic carbocycles. The molecule has 3 amide bonds. The van der Waals surface area contributed by atoms with Gasteiger partial charge in [0.05, 0.1) is 26.9 Å². The van der Waals surface area contributed by atoms with E-state index in [0.717, 1.165) is 10.5 Å². The molecule has 7 nitrogen and oxygen atoms in total. The first kappa shape index (κ1) is 15.3. The molecule has 0 saturated carbocycles. The number of rotatable bonds is 7. The zero-order chi connectivity index (χ0) is 15.2. The van der Waals surface area contributed by atoms with Crippen molar-refractivity contribution in [1.29, 1.82) is 0 Å². The maximum Gasteiger partial charge on any atom is 0.325 e. The van der Waals surface area contributed by atoms with Crippen molar-refractivity contribution in [2.45, 2.75) is 6.04 Å².